The van der Waals surface area contributed by atoms with Crippen molar-refractivity contribution >= 4 is 12.0 Å². The molecule has 2 aromatic rings. The summed E-state index contributed by atoms with van der Waals surface area (Å²) >= 11 is 0. The Kier molecular flexibility index (Phi) is 12.6. The molecule has 1 saturated heterocycles. The van der Waals surface area contributed by atoms with Crippen molar-refractivity contribution in [3.8, 4) is 17.2 Å². The highest BCUT2D eigenvalue weighted by Gasteiger charge is 2.43. The van der Waals surface area contributed by atoms with Crippen molar-refractivity contribution in [1.29, 1.82) is 0 Å². The Balaban J connectivity index is 1.73. The van der Waals surface area contributed by atoms with Gasteiger partial charge in [0.05, 0.1) is 33.0 Å². The summed E-state index contributed by atoms with van der Waals surface area (Å²) in [6.07, 6.45) is 2.94. The van der Waals surface area contributed by atoms with Crippen LogP contribution in [0.25, 0.3) is 6.08 Å². The van der Waals surface area contributed by atoms with E-state index in [-0.39, 0.29) is 24.7 Å². The summed E-state index contributed by atoms with van der Waals surface area (Å²) in [5.41, 5.74) is 1.22. The lowest BCUT2D eigenvalue weighted by molar-refractivity contribution is -0.152. The van der Waals surface area contributed by atoms with E-state index in [0.29, 0.717) is 17.7 Å². The Morgan fingerprint density at radius 2 is 1.72 bits per heavy atom. The second-order valence-electron chi connectivity index (χ2n) is 10.5. The number of aromatic carboxylic acids is 1. The molecule has 0 radical (unpaired) electrons. The fraction of sp³-hybridized carbons (Fsp3) is 0.469. The molecule has 0 amide bonds. The number of aliphatic hydroxyl groups is 2. The van der Waals surface area contributed by atoms with Gasteiger partial charge in [-0.05, 0) is 56.5 Å². The molecular formula is C32H42O11. The van der Waals surface area contributed by atoms with Crippen LogP contribution in [0.2, 0.25) is 0 Å². The van der Waals surface area contributed by atoms with Gasteiger partial charge in [-0.3, -0.25) is 0 Å². The summed E-state index contributed by atoms with van der Waals surface area (Å²) < 4.78 is 38.8. The highest BCUT2D eigenvalue weighted by molar-refractivity contribution is 5.95. The van der Waals surface area contributed by atoms with Gasteiger partial charge in [-0.1, -0.05) is 36.4 Å². The zero-order valence-electron chi connectivity index (χ0n) is 25.4. The Bertz CT molecular complexity index is 1240. The molecule has 1 heterocycles. The Morgan fingerprint density at radius 1 is 1.02 bits per heavy atom. The fourth-order valence-corrected chi connectivity index (χ4v) is 4.59. The lowest BCUT2D eigenvalue weighted by Crippen LogP contribution is -2.34. The van der Waals surface area contributed by atoms with E-state index >= 15 is 0 Å². The van der Waals surface area contributed by atoms with Gasteiger partial charge in [0, 0.05) is 13.2 Å². The molecule has 236 valence electrons. The molecule has 1 aliphatic heterocycles. The van der Waals surface area contributed by atoms with E-state index < -0.39 is 42.3 Å². The monoisotopic (exact) mass is 602 g/mol. The van der Waals surface area contributed by atoms with Crippen LogP contribution in [0.1, 0.15) is 48.7 Å². The van der Waals surface area contributed by atoms with Crippen LogP contribution in [0, 0.1) is 0 Å². The quantitative estimate of drug-likeness (QED) is 0.188. The minimum absolute atomic E-state index is 0.0451. The molecule has 1 aliphatic rings. The molecule has 5 atom stereocenters. The highest BCUT2D eigenvalue weighted by atomic mass is 16.8. The SMILES string of the molecule is COCOc1cc(OC)cc(/C=C/C[C@@H]2OC(C)(C)O[C@@H]2C(O)/C=C\[C@@H](OCc2ccc(OC)cc2)[C@H](C)O)c1C(=O)O. The number of benzene rings is 2. The van der Waals surface area contributed by atoms with E-state index in [4.69, 9.17) is 33.2 Å². The van der Waals surface area contributed by atoms with Crippen LogP contribution in [0.3, 0.4) is 0 Å². The van der Waals surface area contributed by atoms with Crippen LogP contribution in [0.15, 0.2) is 54.6 Å². The van der Waals surface area contributed by atoms with E-state index in [1.165, 1.54) is 26.4 Å². The summed E-state index contributed by atoms with van der Waals surface area (Å²) in [5.74, 6) is -0.879. The van der Waals surface area contributed by atoms with Gasteiger partial charge in [0.1, 0.15) is 41.1 Å². The maximum Gasteiger partial charge on any atom is 0.340 e. The number of hydrogen-bond donors (Lipinski definition) is 3. The van der Waals surface area contributed by atoms with Gasteiger partial charge < -0.3 is 48.5 Å². The van der Waals surface area contributed by atoms with E-state index in [9.17, 15) is 20.1 Å². The maximum absolute atomic E-state index is 12.1. The molecule has 0 bridgehead atoms. The van der Waals surface area contributed by atoms with Crippen LogP contribution in [0.4, 0.5) is 0 Å². The predicted molar refractivity (Wildman–Crippen MR) is 158 cm³/mol. The predicted octanol–water partition coefficient (Wildman–Crippen LogP) is 4.19. The summed E-state index contributed by atoms with van der Waals surface area (Å²) in [6, 6.07) is 10.5. The van der Waals surface area contributed by atoms with E-state index in [1.54, 1.807) is 52.2 Å². The second kappa shape index (κ2) is 15.9. The number of carbonyl (C=O) groups is 1. The van der Waals surface area contributed by atoms with Crippen molar-refractivity contribution in [3.05, 3.63) is 71.3 Å². The molecule has 11 nitrogen and oxygen atoms in total. The van der Waals surface area contributed by atoms with E-state index in [1.807, 2.05) is 24.3 Å². The molecule has 0 aromatic heterocycles. The Labute approximate surface area is 252 Å². The summed E-state index contributed by atoms with van der Waals surface area (Å²) in [4.78, 5) is 12.1. The molecule has 2 aromatic carbocycles. The first-order valence-corrected chi connectivity index (χ1v) is 13.9. The average molecular weight is 603 g/mol. The van der Waals surface area contributed by atoms with Gasteiger partial charge in [0.15, 0.2) is 12.6 Å². The minimum Gasteiger partial charge on any atom is -0.497 e. The third kappa shape index (κ3) is 9.78. The van der Waals surface area contributed by atoms with Crippen LogP contribution >= 0.6 is 0 Å². The van der Waals surface area contributed by atoms with Crippen molar-refractivity contribution in [1.82, 2.24) is 0 Å². The van der Waals surface area contributed by atoms with Crippen molar-refractivity contribution in [2.75, 3.05) is 28.1 Å². The number of hydrogen-bond acceptors (Lipinski definition) is 10. The number of rotatable bonds is 16. The van der Waals surface area contributed by atoms with Crippen molar-refractivity contribution < 1.29 is 53.3 Å². The normalized spacial score (nSPS) is 20.3. The van der Waals surface area contributed by atoms with Gasteiger partial charge in [-0.2, -0.15) is 0 Å². The highest BCUT2D eigenvalue weighted by Crippen LogP contribution is 2.34. The largest absolute Gasteiger partial charge is 0.497 e. The lowest BCUT2D eigenvalue weighted by Gasteiger charge is -2.21. The standard InChI is InChI=1S/C32H42O11/c1-20(33)26(40-18-21-10-12-23(38-5)13-11-21)15-14-25(34)30-27(42-32(2,3)43-30)9-7-8-22-16-24(39-6)17-28(41-19-37-4)29(22)31(35)36/h7-8,10-17,20,25-27,30,33-34H,9,18-19H2,1-6H3,(H,35,36)/b8-7+,15-14-/t20-,25?,26+,27-,30+/m0/s1. The zero-order valence-corrected chi connectivity index (χ0v) is 25.4. The number of carboxylic acid groups (broad SMARTS) is 1. The third-order valence-corrected chi connectivity index (χ3v) is 6.69. The first-order valence-electron chi connectivity index (χ1n) is 13.9. The van der Waals surface area contributed by atoms with Crippen LogP contribution in [-0.4, -0.2) is 85.7 Å². The van der Waals surface area contributed by atoms with Gasteiger partial charge >= 0.3 is 5.97 Å². The molecule has 0 saturated carbocycles. The van der Waals surface area contributed by atoms with Crippen LogP contribution in [0.5, 0.6) is 17.2 Å². The third-order valence-electron chi connectivity index (χ3n) is 6.69. The first kappa shape index (κ1) is 34.0. The summed E-state index contributed by atoms with van der Waals surface area (Å²) in [6.45, 7) is 5.23. The van der Waals surface area contributed by atoms with Crippen LogP contribution < -0.4 is 14.2 Å². The molecule has 0 spiro atoms. The van der Waals surface area contributed by atoms with Crippen molar-refractivity contribution in [2.45, 2.75) is 70.1 Å². The molecule has 1 unspecified atom stereocenters. The molecule has 11 heteroatoms. The smallest absolute Gasteiger partial charge is 0.340 e. The second-order valence-corrected chi connectivity index (χ2v) is 10.5. The summed E-state index contributed by atoms with van der Waals surface area (Å²) in [7, 11) is 4.51. The van der Waals surface area contributed by atoms with Gasteiger partial charge in [-0.15, -0.1) is 0 Å². The zero-order chi connectivity index (χ0) is 31.6. The number of ether oxygens (including phenoxy) is 7. The fourth-order valence-electron chi connectivity index (χ4n) is 4.59. The van der Waals surface area contributed by atoms with E-state index in [2.05, 4.69) is 0 Å². The van der Waals surface area contributed by atoms with E-state index in [0.717, 1.165) is 11.3 Å². The molecule has 43 heavy (non-hydrogen) atoms. The Hall–Kier alpha value is -3.45. The number of methoxy groups -OCH3 is 3. The molecular weight excluding hydrogens is 560 g/mol. The van der Waals surface area contributed by atoms with Gasteiger partial charge in [0.2, 0.25) is 0 Å². The molecule has 1 fully saturated rings. The lowest BCUT2D eigenvalue weighted by atomic mass is 10.0. The topological polar surface area (TPSA) is 142 Å². The number of carboxylic acids is 1. The maximum atomic E-state index is 12.1. The first-order chi connectivity index (χ1) is 20.5. The Morgan fingerprint density at radius 3 is 2.33 bits per heavy atom. The summed E-state index contributed by atoms with van der Waals surface area (Å²) in [5, 5.41) is 31.2. The van der Waals surface area contributed by atoms with Gasteiger partial charge in [-0.25, -0.2) is 4.79 Å². The molecule has 0 aliphatic carbocycles. The van der Waals surface area contributed by atoms with Crippen molar-refractivity contribution in [2.24, 2.45) is 0 Å². The molecule has 3 rings (SSSR count). The number of aliphatic hydroxyl groups excluding tert-OH is 2. The van der Waals surface area contributed by atoms with Crippen molar-refractivity contribution in [3.63, 3.8) is 0 Å². The molecule has 3 N–H and O–H groups in total. The van der Waals surface area contributed by atoms with Gasteiger partial charge in [0.25, 0.3) is 0 Å². The minimum atomic E-state index is -1.17. The van der Waals surface area contributed by atoms with Crippen LogP contribution in [-0.2, 0) is 25.6 Å². The average Bonchev–Trinajstić information content (AvgIpc) is 3.29.